The van der Waals surface area contributed by atoms with Crippen LogP contribution in [0.3, 0.4) is 0 Å². The molecule has 0 aliphatic carbocycles. The van der Waals surface area contributed by atoms with Crippen LogP contribution in [0.1, 0.15) is 26.2 Å². The van der Waals surface area contributed by atoms with Crippen LogP contribution in [0, 0.1) is 0 Å². The van der Waals surface area contributed by atoms with Crippen LogP contribution < -0.4 is 15.0 Å². The maximum Gasteiger partial charge on any atom is 0.194 e. The standard InChI is InChI=1S/C20H32N4O2.HI/c1-3-21-20(22-11-10-17-7-6-16-26-17)24-14-12-23(13-15-24)18-8-4-5-9-19(18)25-2;/h4-5,8-9,17H,3,6-7,10-16H2,1-2H3,(H,21,22);1H. The predicted molar refractivity (Wildman–Crippen MR) is 122 cm³/mol. The molecule has 1 unspecified atom stereocenters. The average Bonchev–Trinajstić information content (AvgIpc) is 3.21. The van der Waals surface area contributed by atoms with Crippen LogP contribution in [0.4, 0.5) is 5.69 Å². The highest BCUT2D eigenvalue weighted by atomic mass is 127. The van der Waals surface area contributed by atoms with Crippen molar-refractivity contribution in [3.63, 3.8) is 0 Å². The molecule has 0 amide bonds. The van der Waals surface area contributed by atoms with Crippen molar-refractivity contribution in [2.75, 3.05) is 57.9 Å². The molecule has 0 aromatic heterocycles. The lowest BCUT2D eigenvalue weighted by molar-refractivity contribution is 0.106. The third-order valence-electron chi connectivity index (χ3n) is 5.08. The molecule has 27 heavy (non-hydrogen) atoms. The SMILES string of the molecule is CCNC(=NCCC1CCCO1)N1CCN(c2ccccc2OC)CC1.I. The van der Waals surface area contributed by atoms with Gasteiger partial charge in [0, 0.05) is 45.9 Å². The van der Waals surface area contributed by atoms with Crippen LogP contribution in [0.25, 0.3) is 0 Å². The Hall–Kier alpha value is -1.22. The van der Waals surface area contributed by atoms with Crippen molar-refractivity contribution >= 4 is 35.6 Å². The lowest BCUT2D eigenvalue weighted by Gasteiger charge is -2.38. The molecule has 2 aliphatic heterocycles. The highest BCUT2D eigenvalue weighted by Gasteiger charge is 2.22. The first kappa shape index (κ1) is 22.1. The van der Waals surface area contributed by atoms with Gasteiger partial charge < -0.3 is 24.6 Å². The zero-order valence-electron chi connectivity index (χ0n) is 16.5. The molecule has 0 bridgehead atoms. The molecular formula is C20H33IN4O2. The van der Waals surface area contributed by atoms with Crippen molar-refractivity contribution in [3.05, 3.63) is 24.3 Å². The van der Waals surface area contributed by atoms with Gasteiger partial charge in [0.05, 0.1) is 18.9 Å². The van der Waals surface area contributed by atoms with Gasteiger partial charge in [-0.15, -0.1) is 24.0 Å². The Balaban J connectivity index is 0.00000261. The van der Waals surface area contributed by atoms with Crippen molar-refractivity contribution in [3.8, 4) is 5.75 Å². The number of hydrogen-bond donors (Lipinski definition) is 1. The van der Waals surface area contributed by atoms with Gasteiger partial charge in [-0.3, -0.25) is 4.99 Å². The first-order chi connectivity index (χ1) is 12.8. The number of ether oxygens (including phenoxy) is 2. The predicted octanol–water partition coefficient (Wildman–Crippen LogP) is 2.97. The molecule has 1 atom stereocenters. The summed E-state index contributed by atoms with van der Waals surface area (Å²) in [6, 6.07) is 8.25. The van der Waals surface area contributed by atoms with E-state index in [9.17, 15) is 0 Å². The number of guanidine groups is 1. The molecule has 0 radical (unpaired) electrons. The van der Waals surface area contributed by atoms with Crippen molar-refractivity contribution in [2.45, 2.75) is 32.3 Å². The van der Waals surface area contributed by atoms with E-state index in [1.165, 1.54) is 18.5 Å². The molecular weight excluding hydrogens is 455 g/mol. The van der Waals surface area contributed by atoms with Crippen LogP contribution in [0.5, 0.6) is 5.75 Å². The summed E-state index contributed by atoms with van der Waals surface area (Å²) in [5.41, 5.74) is 1.18. The number of piperazine rings is 1. The summed E-state index contributed by atoms with van der Waals surface area (Å²) in [5, 5.41) is 3.45. The Labute approximate surface area is 180 Å². The average molecular weight is 488 g/mol. The molecule has 7 heteroatoms. The number of halogens is 1. The Bertz CT molecular complexity index is 585. The molecule has 152 valence electrons. The number of para-hydroxylation sites is 2. The largest absolute Gasteiger partial charge is 0.495 e. The Morgan fingerprint density at radius 1 is 1.26 bits per heavy atom. The molecule has 3 rings (SSSR count). The zero-order chi connectivity index (χ0) is 18.2. The number of rotatable bonds is 6. The molecule has 0 spiro atoms. The number of hydrogen-bond acceptors (Lipinski definition) is 4. The summed E-state index contributed by atoms with van der Waals surface area (Å²) in [5.74, 6) is 1.98. The molecule has 1 aromatic rings. The van der Waals surface area contributed by atoms with Gasteiger partial charge in [-0.05, 0) is 38.3 Å². The molecule has 2 saturated heterocycles. The Morgan fingerprint density at radius 2 is 2.04 bits per heavy atom. The Kier molecular flexibility index (Phi) is 9.47. The Morgan fingerprint density at radius 3 is 2.70 bits per heavy atom. The molecule has 6 nitrogen and oxygen atoms in total. The second kappa shape index (κ2) is 11.6. The summed E-state index contributed by atoms with van der Waals surface area (Å²) in [7, 11) is 1.74. The van der Waals surface area contributed by atoms with Gasteiger partial charge >= 0.3 is 0 Å². The maximum absolute atomic E-state index is 5.70. The monoisotopic (exact) mass is 488 g/mol. The number of aliphatic imine (C=N–C) groups is 1. The molecule has 2 heterocycles. The van der Waals surface area contributed by atoms with Crippen LogP contribution in [0.15, 0.2) is 29.3 Å². The van der Waals surface area contributed by atoms with E-state index >= 15 is 0 Å². The van der Waals surface area contributed by atoms with E-state index in [0.29, 0.717) is 6.10 Å². The number of methoxy groups -OCH3 is 1. The van der Waals surface area contributed by atoms with Gasteiger partial charge in [0.15, 0.2) is 5.96 Å². The first-order valence-corrected chi connectivity index (χ1v) is 9.84. The highest BCUT2D eigenvalue weighted by Crippen LogP contribution is 2.28. The van der Waals surface area contributed by atoms with Gasteiger partial charge in [0.2, 0.25) is 0 Å². The van der Waals surface area contributed by atoms with Crippen molar-refractivity contribution < 1.29 is 9.47 Å². The smallest absolute Gasteiger partial charge is 0.194 e. The summed E-state index contributed by atoms with van der Waals surface area (Å²) in [4.78, 5) is 9.60. The molecule has 1 N–H and O–H groups in total. The third kappa shape index (κ3) is 6.14. The van der Waals surface area contributed by atoms with Crippen molar-refractivity contribution in [2.24, 2.45) is 4.99 Å². The van der Waals surface area contributed by atoms with E-state index in [0.717, 1.165) is 64.0 Å². The van der Waals surface area contributed by atoms with Gasteiger partial charge in [-0.1, -0.05) is 12.1 Å². The van der Waals surface area contributed by atoms with Gasteiger partial charge in [0.1, 0.15) is 5.75 Å². The fourth-order valence-corrected chi connectivity index (χ4v) is 3.66. The fourth-order valence-electron chi connectivity index (χ4n) is 3.66. The molecule has 2 fully saturated rings. The van der Waals surface area contributed by atoms with Crippen molar-refractivity contribution in [1.29, 1.82) is 0 Å². The highest BCUT2D eigenvalue weighted by molar-refractivity contribution is 14.0. The number of nitrogens with zero attached hydrogens (tertiary/aromatic N) is 3. The summed E-state index contributed by atoms with van der Waals surface area (Å²) >= 11 is 0. The van der Waals surface area contributed by atoms with Crippen LogP contribution in [-0.2, 0) is 4.74 Å². The van der Waals surface area contributed by atoms with Gasteiger partial charge in [-0.2, -0.15) is 0 Å². The number of benzene rings is 1. The van der Waals surface area contributed by atoms with Gasteiger partial charge in [-0.25, -0.2) is 0 Å². The third-order valence-corrected chi connectivity index (χ3v) is 5.08. The van der Waals surface area contributed by atoms with E-state index in [2.05, 4.69) is 34.2 Å². The van der Waals surface area contributed by atoms with E-state index in [1.807, 2.05) is 12.1 Å². The minimum Gasteiger partial charge on any atom is -0.495 e. The van der Waals surface area contributed by atoms with E-state index < -0.39 is 0 Å². The van der Waals surface area contributed by atoms with Crippen LogP contribution >= 0.6 is 24.0 Å². The lowest BCUT2D eigenvalue weighted by Crippen LogP contribution is -2.52. The maximum atomic E-state index is 5.70. The second-order valence-corrected chi connectivity index (χ2v) is 6.81. The molecule has 0 saturated carbocycles. The van der Waals surface area contributed by atoms with E-state index in [1.54, 1.807) is 7.11 Å². The van der Waals surface area contributed by atoms with Crippen LogP contribution in [0.2, 0.25) is 0 Å². The normalized spacial score (nSPS) is 20.4. The van der Waals surface area contributed by atoms with Crippen LogP contribution in [-0.4, -0.2) is 69.9 Å². The van der Waals surface area contributed by atoms with E-state index in [-0.39, 0.29) is 24.0 Å². The minimum atomic E-state index is 0. The number of nitrogens with one attached hydrogen (secondary N) is 1. The van der Waals surface area contributed by atoms with E-state index in [4.69, 9.17) is 14.5 Å². The molecule has 2 aliphatic rings. The topological polar surface area (TPSA) is 49.3 Å². The van der Waals surface area contributed by atoms with Crippen molar-refractivity contribution in [1.82, 2.24) is 10.2 Å². The zero-order valence-corrected chi connectivity index (χ0v) is 18.9. The minimum absolute atomic E-state index is 0. The molecule has 1 aromatic carbocycles. The second-order valence-electron chi connectivity index (χ2n) is 6.81. The summed E-state index contributed by atoms with van der Waals surface area (Å²) in [6.45, 7) is 8.63. The fraction of sp³-hybridized carbons (Fsp3) is 0.650. The summed E-state index contributed by atoms with van der Waals surface area (Å²) in [6.07, 6.45) is 3.81. The summed E-state index contributed by atoms with van der Waals surface area (Å²) < 4.78 is 11.2. The van der Waals surface area contributed by atoms with Gasteiger partial charge in [0.25, 0.3) is 0 Å². The lowest BCUT2D eigenvalue weighted by atomic mass is 10.2. The quantitative estimate of drug-likeness (QED) is 0.379. The number of anilines is 1. The first-order valence-electron chi connectivity index (χ1n) is 9.84.